The van der Waals surface area contributed by atoms with E-state index in [9.17, 15) is 4.79 Å². The number of imidazole rings is 1. The Bertz CT molecular complexity index is 1010. The summed E-state index contributed by atoms with van der Waals surface area (Å²) in [6.45, 7) is 5.30. The van der Waals surface area contributed by atoms with Gasteiger partial charge < -0.3 is 9.88 Å². The lowest BCUT2D eigenvalue weighted by Crippen LogP contribution is -2.45. The lowest BCUT2D eigenvalue weighted by Gasteiger charge is -2.35. The molecule has 1 fully saturated rings. The summed E-state index contributed by atoms with van der Waals surface area (Å²) >= 11 is 0. The Hall–Kier alpha value is -2.67. The molecule has 148 valence electrons. The molecule has 7 heteroatoms. The summed E-state index contributed by atoms with van der Waals surface area (Å²) in [5, 5.41) is 7.91. The zero-order chi connectivity index (χ0) is 19.5. The van der Waals surface area contributed by atoms with Crippen LogP contribution in [-0.2, 0) is 13.6 Å². The van der Waals surface area contributed by atoms with Gasteiger partial charge in [0.15, 0.2) is 0 Å². The largest absolute Gasteiger partial charge is 0.354 e. The maximum atomic E-state index is 12.0. The fourth-order valence-electron chi connectivity index (χ4n) is 4.03. The van der Waals surface area contributed by atoms with Crippen molar-refractivity contribution >= 4 is 17.0 Å². The second-order valence-electron chi connectivity index (χ2n) is 7.59. The average Bonchev–Trinajstić information content (AvgIpc) is 3.04. The van der Waals surface area contributed by atoms with E-state index in [1.807, 2.05) is 32.2 Å². The van der Waals surface area contributed by atoms with E-state index in [1.165, 1.54) is 12.8 Å². The number of likely N-dealkylation sites (tertiary alicyclic amines) is 1. The van der Waals surface area contributed by atoms with Crippen LogP contribution in [-0.4, -0.2) is 49.9 Å². The topological polar surface area (TPSA) is 68.0 Å². The highest BCUT2D eigenvalue weighted by atomic mass is 16.1. The van der Waals surface area contributed by atoms with Crippen LogP contribution in [0.4, 0.5) is 5.95 Å². The van der Waals surface area contributed by atoms with Gasteiger partial charge in [-0.1, -0.05) is 18.6 Å². The quantitative estimate of drug-likeness (QED) is 0.711. The van der Waals surface area contributed by atoms with Gasteiger partial charge in [0, 0.05) is 32.2 Å². The van der Waals surface area contributed by atoms with E-state index in [2.05, 4.69) is 25.9 Å². The maximum Gasteiger partial charge on any atom is 0.266 e. The molecule has 1 aromatic carbocycles. The van der Waals surface area contributed by atoms with Gasteiger partial charge in [-0.3, -0.25) is 9.69 Å². The van der Waals surface area contributed by atoms with Crippen LogP contribution in [0.5, 0.6) is 0 Å². The van der Waals surface area contributed by atoms with Crippen molar-refractivity contribution in [3.63, 3.8) is 0 Å². The molecular weight excluding hydrogens is 352 g/mol. The van der Waals surface area contributed by atoms with Gasteiger partial charge in [-0.2, -0.15) is 5.10 Å². The molecule has 0 aliphatic carbocycles. The van der Waals surface area contributed by atoms with Crippen molar-refractivity contribution in [2.24, 2.45) is 7.05 Å². The minimum absolute atomic E-state index is 0.0306. The van der Waals surface area contributed by atoms with Crippen LogP contribution in [0.15, 0.2) is 41.2 Å². The molecule has 2 aromatic heterocycles. The summed E-state index contributed by atoms with van der Waals surface area (Å²) in [6.07, 6.45) is 3.61. The van der Waals surface area contributed by atoms with Gasteiger partial charge in [0.25, 0.3) is 5.56 Å². The van der Waals surface area contributed by atoms with E-state index in [0.29, 0.717) is 12.6 Å². The first-order valence-corrected chi connectivity index (χ1v) is 10.1. The van der Waals surface area contributed by atoms with Crippen LogP contribution in [0, 0.1) is 6.92 Å². The van der Waals surface area contributed by atoms with E-state index in [4.69, 9.17) is 4.98 Å². The number of benzene rings is 1. The molecule has 1 aliphatic rings. The van der Waals surface area contributed by atoms with Crippen molar-refractivity contribution in [2.75, 3.05) is 25.0 Å². The van der Waals surface area contributed by atoms with Crippen LogP contribution in [0.2, 0.25) is 0 Å². The summed E-state index contributed by atoms with van der Waals surface area (Å²) in [7, 11) is 2.05. The fourth-order valence-corrected chi connectivity index (χ4v) is 4.03. The van der Waals surface area contributed by atoms with Gasteiger partial charge in [-0.15, -0.1) is 0 Å². The SMILES string of the molecule is Cc1ccc(=O)n(CCN2CCCCC2CNc2nc3ccccc3n2C)n1. The van der Waals surface area contributed by atoms with E-state index in [1.54, 1.807) is 16.8 Å². The zero-order valence-corrected chi connectivity index (χ0v) is 16.6. The van der Waals surface area contributed by atoms with Crippen molar-refractivity contribution in [2.45, 2.75) is 38.8 Å². The lowest BCUT2D eigenvalue weighted by molar-refractivity contribution is 0.147. The fraction of sp³-hybridized carbons (Fsp3) is 0.476. The van der Waals surface area contributed by atoms with Crippen molar-refractivity contribution in [1.29, 1.82) is 0 Å². The number of hydrogen-bond donors (Lipinski definition) is 1. The molecule has 3 aromatic rings. The molecule has 1 aliphatic heterocycles. The van der Waals surface area contributed by atoms with Crippen LogP contribution in [0.1, 0.15) is 25.0 Å². The molecule has 3 heterocycles. The second-order valence-corrected chi connectivity index (χ2v) is 7.59. The highest BCUT2D eigenvalue weighted by molar-refractivity contribution is 5.78. The van der Waals surface area contributed by atoms with Gasteiger partial charge in [-0.25, -0.2) is 9.67 Å². The number of anilines is 1. The minimum atomic E-state index is -0.0306. The Morgan fingerprint density at radius 1 is 1.14 bits per heavy atom. The van der Waals surface area contributed by atoms with E-state index in [-0.39, 0.29) is 5.56 Å². The lowest BCUT2D eigenvalue weighted by atomic mass is 10.0. The average molecular weight is 380 g/mol. The van der Waals surface area contributed by atoms with Crippen LogP contribution in [0.25, 0.3) is 11.0 Å². The smallest absolute Gasteiger partial charge is 0.266 e. The number of hydrogen-bond acceptors (Lipinski definition) is 5. The first-order chi connectivity index (χ1) is 13.6. The Morgan fingerprint density at radius 2 is 2.00 bits per heavy atom. The molecule has 0 amide bonds. The summed E-state index contributed by atoms with van der Waals surface area (Å²) in [5.41, 5.74) is 2.99. The molecule has 0 spiro atoms. The first-order valence-electron chi connectivity index (χ1n) is 10.1. The number of nitrogens with one attached hydrogen (secondary N) is 1. The molecule has 1 unspecified atom stereocenters. The van der Waals surface area contributed by atoms with Gasteiger partial charge >= 0.3 is 0 Å². The normalized spacial score (nSPS) is 17.9. The number of aryl methyl sites for hydroxylation is 2. The third kappa shape index (κ3) is 3.94. The molecule has 0 radical (unpaired) electrons. The Balaban J connectivity index is 1.41. The summed E-state index contributed by atoms with van der Waals surface area (Å²) < 4.78 is 3.69. The number of fused-ring (bicyclic) bond motifs is 1. The highest BCUT2D eigenvalue weighted by Crippen LogP contribution is 2.20. The van der Waals surface area contributed by atoms with Gasteiger partial charge in [0.1, 0.15) is 0 Å². The van der Waals surface area contributed by atoms with Crippen LogP contribution in [0.3, 0.4) is 0 Å². The number of para-hydroxylation sites is 2. The molecule has 28 heavy (non-hydrogen) atoms. The number of nitrogens with zero attached hydrogens (tertiary/aromatic N) is 5. The molecule has 7 nitrogen and oxygen atoms in total. The van der Waals surface area contributed by atoms with Crippen LogP contribution >= 0.6 is 0 Å². The predicted molar refractivity (Wildman–Crippen MR) is 112 cm³/mol. The number of rotatable bonds is 6. The first kappa shape index (κ1) is 18.7. The van der Waals surface area contributed by atoms with Crippen molar-refractivity contribution < 1.29 is 0 Å². The van der Waals surface area contributed by atoms with Crippen molar-refractivity contribution in [3.05, 3.63) is 52.4 Å². The standard InChI is InChI=1S/C21H28N6O/c1-16-10-11-20(28)27(24-16)14-13-26-12-6-5-7-17(26)15-22-21-23-18-8-3-4-9-19(18)25(21)2/h3-4,8-11,17H,5-7,12-15H2,1-2H3,(H,22,23). The van der Waals surface area contributed by atoms with Gasteiger partial charge in [0.05, 0.1) is 23.3 Å². The Morgan fingerprint density at radius 3 is 2.86 bits per heavy atom. The molecule has 1 atom stereocenters. The number of piperidine rings is 1. The Kier molecular flexibility index (Phi) is 5.43. The molecule has 1 saturated heterocycles. The number of aromatic nitrogens is 4. The van der Waals surface area contributed by atoms with Gasteiger partial charge in [0.2, 0.25) is 5.95 Å². The predicted octanol–water partition coefficient (Wildman–Crippen LogP) is 2.41. The van der Waals surface area contributed by atoms with E-state index in [0.717, 1.165) is 48.7 Å². The molecule has 4 rings (SSSR count). The minimum Gasteiger partial charge on any atom is -0.354 e. The molecule has 0 saturated carbocycles. The Labute approximate surface area is 165 Å². The van der Waals surface area contributed by atoms with E-state index < -0.39 is 0 Å². The highest BCUT2D eigenvalue weighted by Gasteiger charge is 2.22. The maximum absolute atomic E-state index is 12.0. The van der Waals surface area contributed by atoms with Crippen molar-refractivity contribution in [1.82, 2.24) is 24.2 Å². The summed E-state index contributed by atoms with van der Waals surface area (Å²) in [4.78, 5) is 19.2. The van der Waals surface area contributed by atoms with Crippen molar-refractivity contribution in [3.8, 4) is 0 Å². The van der Waals surface area contributed by atoms with Crippen LogP contribution < -0.4 is 10.9 Å². The second kappa shape index (κ2) is 8.14. The third-order valence-corrected chi connectivity index (χ3v) is 5.63. The third-order valence-electron chi connectivity index (χ3n) is 5.63. The molecule has 0 bridgehead atoms. The zero-order valence-electron chi connectivity index (χ0n) is 16.6. The van der Waals surface area contributed by atoms with Gasteiger partial charge in [-0.05, 0) is 44.5 Å². The monoisotopic (exact) mass is 380 g/mol. The van der Waals surface area contributed by atoms with E-state index >= 15 is 0 Å². The molecule has 1 N–H and O–H groups in total. The summed E-state index contributed by atoms with van der Waals surface area (Å²) in [5.74, 6) is 0.906. The molecular formula is C21H28N6O. The summed E-state index contributed by atoms with van der Waals surface area (Å²) in [6, 6.07) is 12.0.